The molecule has 2 atom stereocenters. The van der Waals surface area contributed by atoms with E-state index in [4.69, 9.17) is 0 Å². The number of carbonyl (C=O) groups excluding carboxylic acids is 1. The highest BCUT2D eigenvalue weighted by Gasteiger charge is 2.21. The smallest absolute Gasteiger partial charge is 0.224 e. The summed E-state index contributed by atoms with van der Waals surface area (Å²) in [6.45, 7) is 2.41. The van der Waals surface area contributed by atoms with E-state index < -0.39 is 15.9 Å². The van der Waals surface area contributed by atoms with Gasteiger partial charge in [-0.2, -0.15) is 0 Å². The Bertz CT molecular complexity index is 826. The second-order valence-electron chi connectivity index (χ2n) is 6.16. The van der Waals surface area contributed by atoms with Crippen LogP contribution in [0.1, 0.15) is 24.1 Å². The Morgan fingerprint density at radius 1 is 1.04 bits per heavy atom. The second kappa shape index (κ2) is 9.71. The van der Waals surface area contributed by atoms with Crippen LogP contribution >= 0.6 is 12.4 Å². The van der Waals surface area contributed by atoms with Crippen LogP contribution in [0.5, 0.6) is 0 Å². The number of benzene rings is 2. The molecule has 7 heteroatoms. The van der Waals surface area contributed by atoms with E-state index in [1.165, 1.54) is 6.26 Å². The first-order valence-electron chi connectivity index (χ1n) is 8.13. The fourth-order valence-electron chi connectivity index (χ4n) is 2.61. The number of rotatable bonds is 7. The number of halogens is 1. The van der Waals surface area contributed by atoms with Crippen molar-refractivity contribution in [2.24, 2.45) is 5.92 Å². The van der Waals surface area contributed by atoms with Crippen LogP contribution in [0.4, 0.5) is 0 Å². The van der Waals surface area contributed by atoms with Crippen LogP contribution in [0.3, 0.4) is 0 Å². The Balaban J connectivity index is 0.00000338. The molecule has 2 aromatic carbocycles. The molecule has 5 nitrogen and oxygen atoms in total. The molecule has 0 aliphatic rings. The van der Waals surface area contributed by atoms with E-state index >= 15 is 0 Å². The van der Waals surface area contributed by atoms with Crippen molar-refractivity contribution >= 4 is 28.2 Å². The largest absolute Gasteiger partial charge is 0.345 e. The third-order valence-electron chi connectivity index (χ3n) is 4.00. The van der Waals surface area contributed by atoms with Crippen molar-refractivity contribution in [3.8, 4) is 0 Å². The topological polar surface area (TPSA) is 75.3 Å². The lowest BCUT2D eigenvalue weighted by molar-refractivity contribution is -0.124. The number of sulfone groups is 1. The molecule has 1 amide bonds. The molecule has 2 unspecified atom stereocenters. The zero-order chi connectivity index (χ0) is 18.4. The van der Waals surface area contributed by atoms with Gasteiger partial charge in [0.25, 0.3) is 0 Å². The fourth-order valence-corrected chi connectivity index (χ4v) is 3.29. The average Bonchev–Trinajstić information content (AvgIpc) is 2.59. The molecule has 142 valence electrons. The molecule has 0 spiro atoms. The van der Waals surface area contributed by atoms with Crippen LogP contribution in [0.15, 0.2) is 59.5 Å². The lowest BCUT2D eigenvalue weighted by Gasteiger charge is -2.22. The monoisotopic (exact) mass is 396 g/mol. The molecule has 0 bridgehead atoms. The summed E-state index contributed by atoms with van der Waals surface area (Å²) in [6, 6.07) is 15.8. The van der Waals surface area contributed by atoms with E-state index in [0.717, 1.165) is 11.1 Å². The Labute approximate surface area is 161 Å². The number of hydrogen-bond acceptors (Lipinski definition) is 4. The Morgan fingerprint density at radius 2 is 1.65 bits per heavy atom. The summed E-state index contributed by atoms with van der Waals surface area (Å²) >= 11 is 0. The minimum Gasteiger partial charge on any atom is -0.345 e. The molecule has 0 aliphatic heterocycles. The molecule has 0 aliphatic carbocycles. The lowest BCUT2D eigenvalue weighted by Crippen LogP contribution is -2.37. The highest BCUT2D eigenvalue weighted by molar-refractivity contribution is 7.90. The maximum atomic E-state index is 12.5. The van der Waals surface area contributed by atoms with Gasteiger partial charge in [0.1, 0.15) is 0 Å². The normalized spacial score (nSPS) is 13.3. The second-order valence-corrected chi connectivity index (χ2v) is 8.17. The van der Waals surface area contributed by atoms with Crippen LogP contribution < -0.4 is 10.6 Å². The number of nitrogens with one attached hydrogen (secondary N) is 2. The van der Waals surface area contributed by atoms with Gasteiger partial charge in [-0.15, -0.1) is 12.4 Å². The van der Waals surface area contributed by atoms with Gasteiger partial charge in [0.15, 0.2) is 9.84 Å². The Morgan fingerprint density at radius 3 is 2.23 bits per heavy atom. The molecule has 0 aromatic heterocycles. The zero-order valence-electron chi connectivity index (χ0n) is 15.1. The van der Waals surface area contributed by atoms with Crippen LogP contribution in [0.25, 0.3) is 0 Å². The van der Waals surface area contributed by atoms with Gasteiger partial charge in [0.2, 0.25) is 5.91 Å². The third-order valence-corrected chi connectivity index (χ3v) is 5.11. The lowest BCUT2D eigenvalue weighted by atomic mass is 9.98. The number of amides is 1. The van der Waals surface area contributed by atoms with Gasteiger partial charge in [0.05, 0.1) is 10.9 Å². The predicted octanol–water partition coefficient (Wildman–Crippen LogP) is 2.57. The van der Waals surface area contributed by atoms with Crippen molar-refractivity contribution in [3.63, 3.8) is 0 Å². The maximum Gasteiger partial charge on any atom is 0.224 e. The summed E-state index contributed by atoms with van der Waals surface area (Å²) in [7, 11) is -1.52. The Hall–Kier alpha value is -1.89. The Kier molecular flexibility index (Phi) is 8.27. The molecule has 2 rings (SSSR count). The molecular formula is C19H25ClN2O3S. The summed E-state index contributed by atoms with van der Waals surface area (Å²) in [5.41, 5.74) is 1.64. The van der Waals surface area contributed by atoms with Gasteiger partial charge in [-0.25, -0.2) is 8.42 Å². The first kappa shape index (κ1) is 22.2. The molecule has 0 fully saturated rings. The van der Waals surface area contributed by atoms with Crippen molar-refractivity contribution in [1.29, 1.82) is 0 Å². The third kappa shape index (κ3) is 5.83. The van der Waals surface area contributed by atoms with Crippen LogP contribution in [-0.4, -0.2) is 34.2 Å². The predicted molar refractivity (Wildman–Crippen MR) is 106 cm³/mol. The van der Waals surface area contributed by atoms with E-state index in [9.17, 15) is 13.2 Å². The molecular weight excluding hydrogens is 372 g/mol. The van der Waals surface area contributed by atoms with E-state index in [2.05, 4.69) is 10.6 Å². The molecule has 0 radical (unpaired) electrons. The van der Waals surface area contributed by atoms with Crippen LogP contribution in [-0.2, 0) is 14.6 Å². The van der Waals surface area contributed by atoms with E-state index in [1.54, 1.807) is 25.2 Å². The summed E-state index contributed by atoms with van der Waals surface area (Å²) in [5.74, 6) is -0.290. The zero-order valence-corrected chi connectivity index (χ0v) is 16.7. The molecule has 0 heterocycles. The molecule has 0 saturated carbocycles. The maximum absolute atomic E-state index is 12.5. The number of carbonyl (C=O) groups is 1. The average molecular weight is 397 g/mol. The van der Waals surface area contributed by atoms with Gasteiger partial charge >= 0.3 is 0 Å². The van der Waals surface area contributed by atoms with Gasteiger partial charge in [-0.05, 0) is 30.3 Å². The van der Waals surface area contributed by atoms with Crippen molar-refractivity contribution < 1.29 is 13.2 Å². The summed E-state index contributed by atoms with van der Waals surface area (Å²) in [5, 5.41) is 6.03. The highest BCUT2D eigenvalue weighted by Crippen LogP contribution is 2.24. The first-order valence-corrected chi connectivity index (χ1v) is 10.0. The van der Waals surface area contributed by atoms with Gasteiger partial charge < -0.3 is 10.6 Å². The minimum atomic E-state index is -3.32. The van der Waals surface area contributed by atoms with E-state index in [-0.39, 0.29) is 29.1 Å². The van der Waals surface area contributed by atoms with Crippen LogP contribution in [0, 0.1) is 5.92 Å². The van der Waals surface area contributed by atoms with Crippen molar-refractivity contribution in [3.05, 3.63) is 65.7 Å². The summed E-state index contributed by atoms with van der Waals surface area (Å²) in [4.78, 5) is 12.7. The highest BCUT2D eigenvalue weighted by atomic mass is 35.5. The standard InChI is InChI=1S/C19H24N2O3S.ClH/c1-14(13-20-2)19(22)21-18(15-8-5-4-6-9-15)16-10-7-11-17(12-16)25(3,23)24;/h4-12,14,18,20H,13H2,1-3H3,(H,21,22);1H. The minimum absolute atomic E-state index is 0. The quantitative estimate of drug-likeness (QED) is 0.754. The van der Waals surface area contributed by atoms with Crippen molar-refractivity contribution in [1.82, 2.24) is 10.6 Å². The van der Waals surface area contributed by atoms with E-state index in [1.807, 2.05) is 43.3 Å². The van der Waals surface area contributed by atoms with Gasteiger partial charge in [0, 0.05) is 18.7 Å². The molecule has 2 N–H and O–H groups in total. The van der Waals surface area contributed by atoms with Gasteiger partial charge in [-0.1, -0.05) is 49.4 Å². The molecule has 0 saturated heterocycles. The summed E-state index contributed by atoms with van der Waals surface area (Å²) < 4.78 is 23.7. The summed E-state index contributed by atoms with van der Waals surface area (Å²) in [6.07, 6.45) is 1.18. The van der Waals surface area contributed by atoms with Crippen molar-refractivity contribution in [2.45, 2.75) is 17.9 Å². The van der Waals surface area contributed by atoms with Gasteiger partial charge in [-0.3, -0.25) is 4.79 Å². The first-order chi connectivity index (χ1) is 11.8. The SMILES string of the molecule is CNCC(C)C(=O)NC(c1ccccc1)c1cccc(S(C)(=O)=O)c1.Cl. The molecule has 26 heavy (non-hydrogen) atoms. The van der Waals surface area contributed by atoms with Crippen molar-refractivity contribution in [2.75, 3.05) is 19.8 Å². The fraction of sp³-hybridized carbons (Fsp3) is 0.316. The van der Waals surface area contributed by atoms with E-state index in [0.29, 0.717) is 6.54 Å². The molecule has 2 aromatic rings. The number of hydrogen-bond donors (Lipinski definition) is 2. The van der Waals surface area contributed by atoms with Crippen LogP contribution in [0.2, 0.25) is 0 Å².